The van der Waals surface area contributed by atoms with E-state index < -0.39 is 18.2 Å². The lowest BCUT2D eigenvalue weighted by Gasteiger charge is -2.19. The Morgan fingerprint density at radius 1 is 1.37 bits per heavy atom. The van der Waals surface area contributed by atoms with Crippen molar-refractivity contribution in [3.8, 4) is 0 Å². The van der Waals surface area contributed by atoms with E-state index in [1.54, 1.807) is 0 Å². The van der Waals surface area contributed by atoms with Gasteiger partial charge < -0.3 is 20.4 Å². The maximum atomic E-state index is 10.4. The largest absolute Gasteiger partial charge is 0.478 e. The molecule has 0 spiro atoms. The summed E-state index contributed by atoms with van der Waals surface area (Å²) in [5, 5.41) is 36.8. The smallest absolute Gasteiger partial charge is 0.328 e. The van der Waals surface area contributed by atoms with Crippen molar-refractivity contribution in [3.05, 3.63) is 24.3 Å². The first-order valence-corrected chi connectivity index (χ1v) is 6.59. The van der Waals surface area contributed by atoms with E-state index in [1.807, 2.05) is 12.2 Å². The molecule has 0 amide bonds. The van der Waals surface area contributed by atoms with Gasteiger partial charge in [-0.15, -0.1) is 0 Å². The molecule has 1 fully saturated rings. The van der Waals surface area contributed by atoms with Crippen molar-refractivity contribution >= 4 is 5.97 Å². The van der Waals surface area contributed by atoms with Gasteiger partial charge in [0, 0.05) is 12.7 Å². The molecule has 0 aromatic carbocycles. The number of rotatable bonds is 7. The zero-order valence-electron chi connectivity index (χ0n) is 10.9. The summed E-state index contributed by atoms with van der Waals surface area (Å²) in [6.45, 7) is 0.144. The minimum absolute atomic E-state index is 0.0436. The topological polar surface area (TPSA) is 98.0 Å². The number of aliphatic hydroxyl groups excluding tert-OH is 3. The number of hydrogen-bond acceptors (Lipinski definition) is 4. The molecule has 0 aromatic rings. The molecular weight excluding hydrogens is 248 g/mol. The molecule has 0 aliphatic heterocycles. The molecule has 4 N–H and O–H groups in total. The maximum absolute atomic E-state index is 10.4. The van der Waals surface area contributed by atoms with Crippen LogP contribution < -0.4 is 0 Å². The van der Waals surface area contributed by atoms with Crippen LogP contribution in [0.15, 0.2) is 24.3 Å². The molecule has 19 heavy (non-hydrogen) atoms. The molecule has 5 nitrogen and oxygen atoms in total. The fraction of sp³-hybridized carbons (Fsp3) is 0.643. The van der Waals surface area contributed by atoms with Crippen LogP contribution in [0.5, 0.6) is 0 Å². The second kappa shape index (κ2) is 8.09. The van der Waals surface area contributed by atoms with Crippen molar-refractivity contribution in [2.45, 2.75) is 37.9 Å². The Morgan fingerprint density at radius 2 is 2.11 bits per heavy atom. The van der Waals surface area contributed by atoms with Gasteiger partial charge >= 0.3 is 5.97 Å². The van der Waals surface area contributed by atoms with E-state index in [1.165, 1.54) is 6.08 Å². The first-order chi connectivity index (χ1) is 9.04. The summed E-state index contributed by atoms with van der Waals surface area (Å²) in [6.07, 6.45) is 7.29. The van der Waals surface area contributed by atoms with Gasteiger partial charge in [-0.25, -0.2) is 4.79 Å². The summed E-state index contributed by atoms with van der Waals surface area (Å²) in [7, 11) is 0. The van der Waals surface area contributed by atoms with Gasteiger partial charge in [-0.1, -0.05) is 12.2 Å². The average Bonchev–Trinajstić information content (AvgIpc) is 2.73. The number of carboxylic acid groups (broad SMARTS) is 1. The van der Waals surface area contributed by atoms with E-state index in [4.69, 9.17) is 10.2 Å². The lowest BCUT2D eigenvalue weighted by atomic mass is 9.90. The maximum Gasteiger partial charge on any atom is 0.328 e. The second-order valence-electron chi connectivity index (χ2n) is 4.93. The molecule has 0 bridgehead atoms. The van der Waals surface area contributed by atoms with Gasteiger partial charge in [0.05, 0.1) is 12.2 Å². The molecule has 108 valence electrons. The lowest BCUT2D eigenvalue weighted by molar-refractivity contribution is -0.131. The SMILES string of the molecule is O=C(O)/C=C/[C@@H](O)[C@@H]1C[C@H](O)C[C@H]1/C=C/CCCO. The highest BCUT2D eigenvalue weighted by atomic mass is 16.4. The highest BCUT2D eigenvalue weighted by molar-refractivity contribution is 5.79. The van der Waals surface area contributed by atoms with Crippen molar-refractivity contribution < 1.29 is 25.2 Å². The highest BCUT2D eigenvalue weighted by Gasteiger charge is 2.35. The quantitative estimate of drug-likeness (QED) is 0.310. The minimum atomic E-state index is -1.09. The molecule has 0 radical (unpaired) electrons. The molecule has 5 heteroatoms. The van der Waals surface area contributed by atoms with Gasteiger partial charge in [0.15, 0.2) is 0 Å². The zero-order chi connectivity index (χ0) is 14.3. The van der Waals surface area contributed by atoms with Gasteiger partial charge in [0.2, 0.25) is 0 Å². The van der Waals surface area contributed by atoms with Crippen LogP contribution in [-0.2, 0) is 4.79 Å². The monoisotopic (exact) mass is 270 g/mol. The molecule has 0 heterocycles. The van der Waals surface area contributed by atoms with Gasteiger partial charge in [0.1, 0.15) is 0 Å². The molecule has 1 aliphatic rings. The van der Waals surface area contributed by atoms with Crippen LogP contribution in [0.4, 0.5) is 0 Å². The molecule has 0 aromatic heterocycles. The number of aliphatic carboxylic acids is 1. The van der Waals surface area contributed by atoms with E-state index >= 15 is 0 Å². The van der Waals surface area contributed by atoms with Gasteiger partial charge in [-0.3, -0.25) is 0 Å². The van der Waals surface area contributed by atoms with Gasteiger partial charge in [-0.05, 0) is 43.6 Å². The van der Waals surface area contributed by atoms with Crippen molar-refractivity contribution in [3.63, 3.8) is 0 Å². The third-order valence-corrected chi connectivity index (χ3v) is 3.43. The molecule has 0 unspecified atom stereocenters. The summed E-state index contributed by atoms with van der Waals surface area (Å²) >= 11 is 0. The van der Waals surface area contributed by atoms with Crippen molar-refractivity contribution in [2.24, 2.45) is 11.8 Å². The summed E-state index contributed by atoms with van der Waals surface area (Å²) in [5.41, 5.74) is 0. The molecule has 4 atom stereocenters. The number of carboxylic acids is 1. The van der Waals surface area contributed by atoms with E-state index in [9.17, 15) is 15.0 Å². The molecule has 1 rings (SSSR count). The van der Waals surface area contributed by atoms with Crippen LogP contribution in [-0.4, -0.2) is 45.2 Å². The lowest BCUT2D eigenvalue weighted by Crippen LogP contribution is -2.21. The number of carbonyl (C=O) groups is 1. The summed E-state index contributed by atoms with van der Waals surface area (Å²) < 4.78 is 0. The van der Waals surface area contributed by atoms with E-state index in [0.29, 0.717) is 19.3 Å². The Bertz CT molecular complexity index is 337. The number of allylic oxidation sites excluding steroid dienone is 2. The summed E-state index contributed by atoms with van der Waals surface area (Å²) in [4.78, 5) is 10.4. The predicted octanol–water partition coefficient (Wildman–Crippen LogP) is 0.704. The Labute approximate surface area is 112 Å². The van der Waals surface area contributed by atoms with Crippen LogP contribution in [0.25, 0.3) is 0 Å². The molecule has 0 saturated heterocycles. The Morgan fingerprint density at radius 3 is 2.74 bits per heavy atom. The van der Waals surface area contributed by atoms with Gasteiger partial charge in [-0.2, -0.15) is 0 Å². The fourth-order valence-electron chi connectivity index (χ4n) is 2.49. The Hall–Kier alpha value is -1.17. The second-order valence-corrected chi connectivity index (χ2v) is 4.93. The predicted molar refractivity (Wildman–Crippen MR) is 70.5 cm³/mol. The highest BCUT2D eigenvalue weighted by Crippen LogP contribution is 2.36. The van der Waals surface area contributed by atoms with Crippen LogP contribution in [0.2, 0.25) is 0 Å². The number of aliphatic hydroxyl groups is 3. The van der Waals surface area contributed by atoms with E-state index in [2.05, 4.69) is 0 Å². The standard InChI is InChI=1S/C14H22O5/c15-7-3-1-2-4-10-8-11(16)9-12(10)13(17)5-6-14(18)19/h2,4-6,10-13,15-17H,1,3,7-9H2,(H,18,19)/b4-2+,6-5+/t10-,11-,12-,13-/m1/s1. The normalized spacial score (nSPS) is 29.3. The van der Waals surface area contributed by atoms with Crippen LogP contribution in [0, 0.1) is 11.8 Å². The molecule has 1 aliphatic carbocycles. The Balaban J connectivity index is 2.58. The zero-order valence-corrected chi connectivity index (χ0v) is 10.9. The first-order valence-electron chi connectivity index (χ1n) is 6.59. The van der Waals surface area contributed by atoms with Crippen LogP contribution in [0.1, 0.15) is 25.7 Å². The number of unbranched alkanes of at least 4 members (excludes halogenated alkanes) is 1. The first kappa shape index (κ1) is 15.9. The molecular formula is C14H22O5. The fourth-order valence-corrected chi connectivity index (χ4v) is 2.49. The van der Waals surface area contributed by atoms with Crippen LogP contribution in [0.3, 0.4) is 0 Å². The van der Waals surface area contributed by atoms with Crippen molar-refractivity contribution in [1.29, 1.82) is 0 Å². The summed E-state index contributed by atoms with van der Waals surface area (Å²) in [6, 6.07) is 0. The van der Waals surface area contributed by atoms with Gasteiger partial charge in [0.25, 0.3) is 0 Å². The van der Waals surface area contributed by atoms with Crippen molar-refractivity contribution in [2.75, 3.05) is 6.61 Å². The average molecular weight is 270 g/mol. The number of hydrogen-bond donors (Lipinski definition) is 4. The summed E-state index contributed by atoms with van der Waals surface area (Å²) in [5.74, 6) is -1.20. The van der Waals surface area contributed by atoms with Crippen molar-refractivity contribution in [1.82, 2.24) is 0 Å². The minimum Gasteiger partial charge on any atom is -0.478 e. The Kier molecular flexibility index (Phi) is 6.77. The third kappa shape index (κ3) is 5.55. The van der Waals surface area contributed by atoms with E-state index in [0.717, 1.165) is 12.5 Å². The third-order valence-electron chi connectivity index (χ3n) is 3.43. The van der Waals surface area contributed by atoms with Crippen LogP contribution >= 0.6 is 0 Å². The van der Waals surface area contributed by atoms with E-state index in [-0.39, 0.29) is 18.4 Å². The molecule has 1 saturated carbocycles.